The summed E-state index contributed by atoms with van der Waals surface area (Å²) in [6, 6.07) is 0. The molecule has 0 bridgehead atoms. The molecule has 0 amide bonds. The Kier molecular flexibility index (Phi) is 4.18. The third-order valence-electron chi connectivity index (χ3n) is 3.05. The molecule has 3 heteroatoms. The van der Waals surface area contributed by atoms with E-state index in [1.165, 1.54) is 0 Å². The molecule has 0 radical (unpaired) electrons. The van der Waals surface area contributed by atoms with Gasteiger partial charge in [0.2, 0.25) is 0 Å². The SMILES string of the molecule is CCCn1c(C)nc(C(CC)CC)c1N. The second-order valence-electron chi connectivity index (χ2n) is 4.09. The van der Waals surface area contributed by atoms with E-state index in [1.54, 1.807) is 0 Å². The number of nitrogens with two attached hydrogens (primary N) is 1. The van der Waals surface area contributed by atoms with Gasteiger partial charge in [0.25, 0.3) is 0 Å². The fourth-order valence-corrected chi connectivity index (χ4v) is 2.09. The van der Waals surface area contributed by atoms with E-state index in [9.17, 15) is 0 Å². The van der Waals surface area contributed by atoms with E-state index >= 15 is 0 Å². The van der Waals surface area contributed by atoms with Gasteiger partial charge in [0, 0.05) is 12.5 Å². The van der Waals surface area contributed by atoms with Gasteiger partial charge in [-0.1, -0.05) is 20.8 Å². The zero-order chi connectivity index (χ0) is 11.4. The monoisotopic (exact) mass is 209 g/mol. The second kappa shape index (κ2) is 5.19. The maximum absolute atomic E-state index is 6.14. The molecule has 1 aromatic rings. The molecule has 0 aliphatic rings. The number of nitrogen functional groups attached to an aromatic ring is 1. The molecule has 1 rings (SSSR count). The van der Waals surface area contributed by atoms with Gasteiger partial charge in [-0.2, -0.15) is 0 Å². The van der Waals surface area contributed by atoms with Crippen molar-refractivity contribution in [2.24, 2.45) is 0 Å². The van der Waals surface area contributed by atoms with Gasteiger partial charge in [-0.3, -0.25) is 0 Å². The number of aromatic nitrogens is 2. The Bertz CT molecular complexity index is 311. The van der Waals surface area contributed by atoms with E-state index in [0.717, 1.165) is 43.1 Å². The third-order valence-corrected chi connectivity index (χ3v) is 3.05. The van der Waals surface area contributed by atoms with Gasteiger partial charge in [-0.05, 0) is 26.2 Å². The highest BCUT2D eigenvalue weighted by Gasteiger charge is 2.17. The van der Waals surface area contributed by atoms with Crippen molar-refractivity contribution < 1.29 is 0 Å². The molecule has 0 spiro atoms. The first kappa shape index (κ1) is 12.1. The first-order chi connectivity index (χ1) is 7.15. The zero-order valence-electron chi connectivity index (χ0n) is 10.4. The van der Waals surface area contributed by atoms with Crippen LogP contribution in [0.5, 0.6) is 0 Å². The molecule has 86 valence electrons. The molecule has 0 saturated carbocycles. The quantitative estimate of drug-likeness (QED) is 0.810. The maximum Gasteiger partial charge on any atom is 0.127 e. The zero-order valence-corrected chi connectivity index (χ0v) is 10.4. The van der Waals surface area contributed by atoms with Crippen LogP contribution in [-0.2, 0) is 6.54 Å². The molecule has 0 aromatic carbocycles. The normalized spacial score (nSPS) is 11.3. The lowest BCUT2D eigenvalue weighted by atomic mass is 9.99. The van der Waals surface area contributed by atoms with Crippen LogP contribution in [0.1, 0.15) is 57.5 Å². The van der Waals surface area contributed by atoms with Gasteiger partial charge < -0.3 is 10.3 Å². The van der Waals surface area contributed by atoms with Crippen LogP contribution in [0, 0.1) is 6.92 Å². The lowest BCUT2D eigenvalue weighted by Gasteiger charge is -2.11. The van der Waals surface area contributed by atoms with E-state index in [2.05, 4.69) is 30.3 Å². The molecule has 1 aromatic heterocycles. The summed E-state index contributed by atoms with van der Waals surface area (Å²) in [6.07, 6.45) is 3.33. The molecule has 0 aliphatic heterocycles. The van der Waals surface area contributed by atoms with Crippen LogP contribution in [0.25, 0.3) is 0 Å². The first-order valence-corrected chi connectivity index (χ1v) is 5.98. The summed E-state index contributed by atoms with van der Waals surface area (Å²) >= 11 is 0. The predicted octanol–water partition coefficient (Wildman–Crippen LogP) is 3.09. The molecule has 15 heavy (non-hydrogen) atoms. The smallest absolute Gasteiger partial charge is 0.127 e. The lowest BCUT2D eigenvalue weighted by Crippen LogP contribution is -2.06. The van der Waals surface area contributed by atoms with E-state index in [4.69, 9.17) is 5.73 Å². The molecule has 0 saturated heterocycles. The Morgan fingerprint density at radius 3 is 2.33 bits per heavy atom. The van der Waals surface area contributed by atoms with Gasteiger partial charge in [-0.15, -0.1) is 0 Å². The Morgan fingerprint density at radius 2 is 1.87 bits per heavy atom. The number of anilines is 1. The van der Waals surface area contributed by atoms with Crippen molar-refractivity contribution in [2.45, 2.75) is 59.4 Å². The number of aryl methyl sites for hydroxylation is 1. The fourth-order valence-electron chi connectivity index (χ4n) is 2.09. The second-order valence-corrected chi connectivity index (χ2v) is 4.09. The first-order valence-electron chi connectivity index (χ1n) is 5.98. The van der Waals surface area contributed by atoms with Crippen LogP contribution < -0.4 is 5.73 Å². The van der Waals surface area contributed by atoms with Crippen molar-refractivity contribution in [2.75, 3.05) is 5.73 Å². The molecule has 2 N–H and O–H groups in total. The van der Waals surface area contributed by atoms with Crippen LogP contribution in [0.4, 0.5) is 5.82 Å². The van der Waals surface area contributed by atoms with Crippen molar-refractivity contribution in [3.05, 3.63) is 11.5 Å². The van der Waals surface area contributed by atoms with Gasteiger partial charge >= 0.3 is 0 Å². The largest absolute Gasteiger partial charge is 0.384 e. The Hall–Kier alpha value is -0.990. The molecular weight excluding hydrogens is 186 g/mol. The average molecular weight is 209 g/mol. The van der Waals surface area contributed by atoms with E-state index in [0.29, 0.717) is 5.92 Å². The van der Waals surface area contributed by atoms with Gasteiger partial charge in [0.15, 0.2) is 0 Å². The number of imidazole rings is 1. The predicted molar refractivity (Wildman–Crippen MR) is 65.0 cm³/mol. The van der Waals surface area contributed by atoms with Crippen molar-refractivity contribution >= 4 is 5.82 Å². The molecule has 0 fully saturated rings. The van der Waals surface area contributed by atoms with E-state index in [1.807, 2.05) is 6.92 Å². The van der Waals surface area contributed by atoms with Crippen LogP contribution in [0.3, 0.4) is 0 Å². The molecule has 1 heterocycles. The topological polar surface area (TPSA) is 43.8 Å². The summed E-state index contributed by atoms with van der Waals surface area (Å²) in [5.41, 5.74) is 7.25. The van der Waals surface area contributed by atoms with Crippen LogP contribution in [-0.4, -0.2) is 9.55 Å². The van der Waals surface area contributed by atoms with Crippen LogP contribution in [0.2, 0.25) is 0 Å². The highest BCUT2D eigenvalue weighted by molar-refractivity contribution is 5.40. The number of hydrogen-bond acceptors (Lipinski definition) is 2. The Balaban J connectivity index is 3.04. The summed E-state index contributed by atoms with van der Waals surface area (Å²) in [5.74, 6) is 2.45. The van der Waals surface area contributed by atoms with Gasteiger partial charge in [-0.25, -0.2) is 4.98 Å². The average Bonchev–Trinajstić information content (AvgIpc) is 2.49. The highest BCUT2D eigenvalue weighted by atomic mass is 15.1. The van der Waals surface area contributed by atoms with Gasteiger partial charge in [0.1, 0.15) is 11.6 Å². The molecular formula is C12H23N3. The number of nitrogens with zero attached hydrogens (tertiary/aromatic N) is 2. The maximum atomic E-state index is 6.14. The summed E-state index contributed by atoms with van der Waals surface area (Å²) < 4.78 is 2.13. The minimum Gasteiger partial charge on any atom is -0.384 e. The van der Waals surface area contributed by atoms with Gasteiger partial charge in [0.05, 0.1) is 5.69 Å². The third kappa shape index (κ3) is 2.33. The molecule has 3 nitrogen and oxygen atoms in total. The standard InChI is InChI=1S/C12H23N3/c1-5-8-15-9(4)14-11(12(15)13)10(6-2)7-3/h10H,5-8,13H2,1-4H3. The Morgan fingerprint density at radius 1 is 1.27 bits per heavy atom. The summed E-state index contributed by atoms with van der Waals surface area (Å²) in [4.78, 5) is 4.61. The number of hydrogen-bond donors (Lipinski definition) is 1. The molecule has 0 aliphatic carbocycles. The summed E-state index contributed by atoms with van der Waals surface area (Å²) in [5, 5.41) is 0. The van der Waals surface area contributed by atoms with Crippen molar-refractivity contribution in [1.82, 2.24) is 9.55 Å². The Labute approximate surface area is 92.7 Å². The number of rotatable bonds is 5. The highest BCUT2D eigenvalue weighted by Crippen LogP contribution is 2.28. The van der Waals surface area contributed by atoms with Crippen molar-refractivity contribution in [3.63, 3.8) is 0 Å². The summed E-state index contributed by atoms with van der Waals surface area (Å²) in [7, 11) is 0. The van der Waals surface area contributed by atoms with Crippen LogP contribution in [0.15, 0.2) is 0 Å². The molecule has 0 atom stereocenters. The lowest BCUT2D eigenvalue weighted by molar-refractivity contribution is 0.626. The van der Waals surface area contributed by atoms with Crippen molar-refractivity contribution in [1.29, 1.82) is 0 Å². The fraction of sp³-hybridized carbons (Fsp3) is 0.750. The van der Waals surface area contributed by atoms with E-state index in [-0.39, 0.29) is 0 Å². The minimum atomic E-state index is 0.516. The van der Waals surface area contributed by atoms with E-state index < -0.39 is 0 Å². The van der Waals surface area contributed by atoms with Crippen LogP contribution >= 0.6 is 0 Å². The summed E-state index contributed by atoms with van der Waals surface area (Å²) in [6.45, 7) is 9.57. The minimum absolute atomic E-state index is 0.516. The molecule has 0 unspecified atom stereocenters. The van der Waals surface area contributed by atoms with Crippen molar-refractivity contribution in [3.8, 4) is 0 Å².